The second-order valence-corrected chi connectivity index (χ2v) is 6.98. The molecule has 1 aromatic heterocycles. The minimum Gasteiger partial charge on any atom is -0.334 e. The van der Waals surface area contributed by atoms with E-state index in [4.69, 9.17) is 0 Å². The van der Waals surface area contributed by atoms with Gasteiger partial charge in [0.25, 0.3) is 10.0 Å². The molecule has 0 atom stereocenters. The minimum atomic E-state index is -3.65. The zero-order chi connectivity index (χ0) is 14.8. The van der Waals surface area contributed by atoms with Gasteiger partial charge in [0.05, 0.1) is 0 Å². The van der Waals surface area contributed by atoms with E-state index in [-0.39, 0.29) is 5.03 Å². The molecule has 0 aliphatic heterocycles. The van der Waals surface area contributed by atoms with Gasteiger partial charge in [0.15, 0.2) is 5.03 Å². The van der Waals surface area contributed by atoms with Gasteiger partial charge in [-0.15, -0.1) is 0 Å². The van der Waals surface area contributed by atoms with E-state index in [0.29, 0.717) is 11.5 Å². The maximum absolute atomic E-state index is 12.3. The maximum atomic E-state index is 12.3. The molecule has 0 saturated heterocycles. The van der Waals surface area contributed by atoms with E-state index in [1.165, 1.54) is 0 Å². The molecule has 7 heteroatoms. The van der Waals surface area contributed by atoms with Crippen LogP contribution < -0.4 is 4.72 Å². The molecule has 2 rings (SSSR count). The second kappa shape index (κ2) is 5.97. The fourth-order valence-corrected chi connectivity index (χ4v) is 3.29. The van der Waals surface area contributed by atoms with Crippen molar-refractivity contribution in [3.05, 3.63) is 40.8 Å². The van der Waals surface area contributed by atoms with Crippen LogP contribution in [0.25, 0.3) is 0 Å². The number of nitrogens with zero attached hydrogens (tertiary/aromatic N) is 2. The van der Waals surface area contributed by atoms with Crippen LogP contribution in [-0.4, -0.2) is 18.0 Å². The van der Waals surface area contributed by atoms with E-state index in [2.05, 4.69) is 25.6 Å². The first-order chi connectivity index (χ1) is 9.42. The molecule has 1 N–H and O–H groups in total. The van der Waals surface area contributed by atoms with Gasteiger partial charge in [0.1, 0.15) is 5.82 Å². The van der Waals surface area contributed by atoms with Crippen molar-refractivity contribution in [1.29, 1.82) is 0 Å². The molecule has 20 heavy (non-hydrogen) atoms. The van der Waals surface area contributed by atoms with Crippen LogP contribution in [0.1, 0.15) is 19.2 Å². The summed E-state index contributed by atoms with van der Waals surface area (Å²) in [6, 6.07) is 6.99. The zero-order valence-electron chi connectivity index (χ0n) is 11.3. The molecule has 0 amide bonds. The molecule has 0 spiro atoms. The lowest BCUT2D eigenvalue weighted by molar-refractivity contribution is 0.597. The Morgan fingerprint density at radius 1 is 1.40 bits per heavy atom. The highest BCUT2D eigenvalue weighted by Crippen LogP contribution is 2.19. The summed E-state index contributed by atoms with van der Waals surface area (Å²) in [6.07, 6.45) is 2.49. The first-order valence-corrected chi connectivity index (χ1v) is 8.52. The molecule has 108 valence electrons. The molecule has 1 aromatic carbocycles. The summed E-state index contributed by atoms with van der Waals surface area (Å²) in [5, 5.41) is 0.0448. The molecule has 0 unspecified atom stereocenters. The van der Waals surface area contributed by atoms with Crippen LogP contribution in [-0.2, 0) is 16.6 Å². The van der Waals surface area contributed by atoms with E-state index >= 15 is 0 Å². The molecule has 0 aliphatic carbocycles. The van der Waals surface area contributed by atoms with Gasteiger partial charge >= 0.3 is 0 Å². The SMILES string of the molecule is CCCn1cc(S(=O)(=O)Nc2cccc(Br)c2)nc1C. The highest BCUT2D eigenvalue weighted by molar-refractivity contribution is 9.10. The number of sulfonamides is 1. The molecule has 5 nitrogen and oxygen atoms in total. The molecule has 1 heterocycles. The third kappa shape index (κ3) is 3.40. The highest BCUT2D eigenvalue weighted by atomic mass is 79.9. The van der Waals surface area contributed by atoms with Crippen molar-refractivity contribution in [2.24, 2.45) is 0 Å². The second-order valence-electron chi connectivity index (χ2n) is 4.44. The fourth-order valence-electron chi connectivity index (χ4n) is 1.84. The summed E-state index contributed by atoms with van der Waals surface area (Å²) in [6.45, 7) is 4.59. The van der Waals surface area contributed by atoms with Gasteiger partial charge in [-0.05, 0) is 31.5 Å². The van der Waals surface area contributed by atoms with Crippen molar-refractivity contribution in [2.45, 2.75) is 31.8 Å². The number of aryl methyl sites for hydroxylation is 2. The van der Waals surface area contributed by atoms with E-state index < -0.39 is 10.0 Å². The average Bonchev–Trinajstić information content (AvgIpc) is 2.72. The number of aromatic nitrogens is 2. The summed E-state index contributed by atoms with van der Waals surface area (Å²) in [7, 11) is -3.65. The minimum absolute atomic E-state index is 0.0448. The standard InChI is InChI=1S/C13H16BrN3O2S/c1-3-7-17-9-13(15-10(17)2)20(18,19)16-12-6-4-5-11(14)8-12/h4-6,8-9,16H,3,7H2,1-2H3. The van der Waals surface area contributed by atoms with Crippen molar-refractivity contribution in [3.63, 3.8) is 0 Å². The lowest BCUT2D eigenvalue weighted by Gasteiger charge is -2.05. The van der Waals surface area contributed by atoms with Crippen LogP contribution in [0.15, 0.2) is 40.0 Å². The summed E-state index contributed by atoms with van der Waals surface area (Å²) in [5.74, 6) is 0.696. The fraction of sp³-hybridized carbons (Fsp3) is 0.308. The number of halogens is 1. The third-order valence-electron chi connectivity index (χ3n) is 2.77. The van der Waals surface area contributed by atoms with Crippen LogP contribution in [0.5, 0.6) is 0 Å². The monoisotopic (exact) mass is 357 g/mol. The predicted octanol–water partition coefficient (Wildman–Crippen LogP) is 3.16. The van der Waals surface area contributed by atoms with Crippen LogP contribution >= 0.6 is 15.9 Å². The van der Waals surface area contributed by atoms with E-state index in [1.54, 1.807) is 31.3 Å². The maximum Gasteiger partial charge on any atom is 0.280 e. The first-order valence-electron chi connectivity index (χ1n) is 6.24. The number of imidazole rings is 1. The number of hydrogen-bond donors (Lipinski definition) is 1. The van der Waals surface area contributed by atoms with Gasteiger partial charge in [0, 0.05) is 22.9 Å². The van der Waals surface area contributed by atoms with Gasteiger partial charge in [-0.25, -0.2) is 4.98 Å². The van der Waals surface area contributed by atoms with E-state index in [1.807, 2.05) is 17.6 Å². The normalized spacial score (nSPS) is 11.6. The lowest BCUT2D eigenvalue weighted by Crippen LogP contribution is -2.13. The zero-order valence-corrected chi connectivity index (χ0v) is 13.7. The number of anilines is 1. The Morgan fingerprint density at radius 3 is 2.80 bits per heavy atom. The topological polar surface area (TPSA) is 64.0 Å². The predicted molar refractivity (Wildman–Crippen MR) is 82.2 cm³/mol. The first kappa shape index (κ1) is 15.1. The molecule has 0 bridgehead atoms. The molecule has 0 radical (unpaired) electrons. The van der Waals surface area contributed by atoms with Gasteiger partial charge in [0.2, 0.25) is 0 Å². The van der Waals surface area contributed by atoms with E-state index in [9.17, 15) is 8.42 Å². The summed E-state index contributed by atoms with van der Waals surface area (Å²) in [5.41, 5.74) is 0.502. The van der Waals surface area contributed by atoms with Crippen LogP contribution in [0.2, 0.25) is 0 Å². The Balaban J connectivity index is 2.28. The van der Waals surface area contributed by atoms with E-state index in [0.717, 1.165) is 17.4 Å². The summed E-state index contributed by atoms with van der Waals surface area (Å²) in [4.78, 5) is 4.12. The van der Waals surface area contributed by atoms with Crippen LogP contribution in [0.4, 0.5) is 5.69 Å². The Morgan fingerprint density at radius 2 is 2.15 bits per heavy atom. The number of hydrogen-bond acceptors (Lipinski definition) is 3. The van der Waals surface area contributed by atoms with Gasteiger partial charge < -0.3 is 4.57 Å². The third-order valence-corrected chi connectivity index (χ3v) is 4.52. The Hall–Kier alpha value is -1.34. The van der Waals surface area contributed by atoms with Gasteiger partial charge in [-0.1, -0.05) is 28.9 Å². The molecule has 0 fully saturated rings. The Bertz CT molecular complexity index is 710. The average molecular weight is 358 g/mol. The molecule has 0 aliphatic rings. The van der Waals surface area contributed by atoms with Crippen molar-refractivity contribution < 1.29 is 8.42 Å². The van der Waals surface area contributed by atoms with Gasteiger partial charge in [-0.3, -0.25) is 4.72 Å². The summed E-state index contributed by atoms with van der Waals surface area (Å²) >= 11 is 3.31. The van der Waals surface area contributed by atoms with Crippen molar-refractivity contribution in [1.82, 2.24) is 9.55 Å². The molecular weight excluding hydrogens is 342 g/mol. The number of rotatable bonds is 5. The Labute approximate surface area is 127 Å². The van der Waals surface area contributed by atoms with Crippen LogP contribution in [0.3, 0.4) is 0 Å². The Kier molecular flexibility index (Phi) is 4.49. The van der Waals surface area contributed by atoms with Crippen molar-refractivity contribution in [2.75, 3.05) is 4.72 Å². The number of benzene rings is 1. The number of nitrogens with one attached hydrogen (secondary N) is 1. The molecular formula is C13H16BrN3O2S. The lowest BCUT2D eigenvalue weighted by atomic mass is 10.3. The molecule has 0 saturated carbocycles. The highest BCUT2D eigenvalue weighted by Gasteiger charge is 2.19. The summed E-state index contributed by atoms with van der Waals surface area (Å²) < 4.78 is 29.7. The van der Waals surface area contributed by atoms with Crippen molar-refractivity contribution >= 4 is 31.6 Å². The molecule has 2 aromatic rings. The van der Waals surface area contributed by atoms with Gasteiger partial charge in [-0.2, -0.15) is 8.42 Å². The largest absolute Gasteiger partial charge is 0.334 e. The van der Waals surface area contributed by atoms with Crippen molar-refractivity contribution in [3.8, 4) is 0 Å². The quantitative estimate of drug-likeness (QED) is 0.893. The van der Waals surface area contributed by atoms with Crippen LogP contribution in [0, 0.1) is 6.92 Å². The smallest absolute Gasteiger partial charge is 0.280 e.